The fourth-order valence-electron chi connectivity index (χ4n) is 3.00. The number of benzene rings is 2. The molecule has 0 bridgehead atoms. The smallest absolute Gasteiger partial charge is 0.246 e. The second kappa shape index (κ2) is 7.23. The molecule has 0 N–H and O–H groups in total. The van der Waals surface area contributed by atoms with Gasteiger partial charge in [-0.2, -0.15) is 4.31 Å². The zero-order chi connectivity index (χ0) is 18.0. The SMILES string of the molecule is COc1cc(C)ccc1S(=O)(=O)N1CCN(c2ccccc2Cl)CC1. The van der Waals surface area contributed by atoms with Crippen molar-refractivity contribution in [2.75, 3.05) is 38.2 Å². The van der Waals surface area contributed by atoms with E-state index in [0.717, 1.165) is 11.3 Å². The Kier molecular flexibility index (Phi) is 5.22. The van der Waals surface area contributed by atoms with Crippen LogP contribution < -0.4 is 9.64 Å². The molecule has 134 valence electrons. The van der Waals surface area contributed by atoms with Crippen LogP contribution >= 0.6 is 11.6 Å². The topological polar surface area (TPSA) is 49.9 Å². The summed E-state index contributed by atoms with van der Waals surface area (Å²) in [5.41, 5.74) is 1.90. The van der Waals surface area contributed by atoms with E-state index in [9.17, 15) is 8.42 Å². The largest absolute Gasteiger partial charge is 0.495 e. The molecule has 0 spiro atoms. The molecule has 3 rings (SSSR count). The fourth-order valence-corrected chi connectivity index (χ4v) is 4.82. The third-order valence-electron chi connectivity index (χ3n) is 4.37. The number of anilines is 1. The minimum absolute atomic E-state index is 0.215. The Hall–Kier alpha value is -1.76. The number of hydrogen-bond acceptors (Lipinski definition) is 4. The van der Waals surface area contributed by atoms with Crippen LogP contribution in [0.5, 0.6) is 5.75 Å². The number of halogens is 1. The highest BCUT2D eigenvalue weighted by Gasteiger charge is 2.31. The maximum absolute atomic E-state index is 13.0. The van der Waals surface area contributed by atoms with Gasteiger partial charge in [0.2, 0.25) is 10.0 Å². The Balaban J connectivity index is 1.79. The molecule has 0 aliphatic carbocycles. The molecular formula is C18H21ClN2O3S. The number of methoxy groups -OCH3 is 1. The number of nitrogens with zero attached hydrogens (tertiary/aromatic N) is 2. The molecule has 0 unspecified atom stereocenters. The number of ether oxygens (including phenoxy) is 1. The molecule has 0 atom stereocenters. The van der Waals surface area contributed by atoms with Crippen molar-refractivity contribution >= 4 is 27.3 Å². The van der Waals surface area contributed by atoms with Crippen LogP contribution in [0.3, 0.4) is 0 Å². The molecule has 0 aromatic heterocycles. The molecule has 1 aliphatic rings. The molecule has 2 aromatic rings. The molecule has 1 aliphatic heterocycles. The van der Waals surface area contributed by atoms with E-state index >= 15 is 0 Å². The molecule has 0 amide bonds. The standard InChI is InChI=1S/C18H21ClN2O3S/c1-14-7-8-18(17(13-14)24-2)25(22,23)21-11-9-20(10-12-21)16-6-4-3-5-15(16)19/h3-8,13H,9-12H2,1-2H3. The summed E-state index contributed by atoms with van der Waals surface area (Å²) in [7, 11) is -2.10. The Bertz CT molecular complexity index is 862. The van der Waals surface area contributed by atoms with E-state index in [4.69, 9.17) is 16.3 Å². The molecule has 1 heterocycles. The highest BCUT2D eigenvalue weighted by Crippen LogP contribution is 2.30. The van der Waals surface area contributed by atoms with Crippen LogP contribution in [0.15, 0.2) is 47.4 Å². The van der Waals surface area contributed by atoms with Crippen molar-refractivity contribution in [2.45, 2.75) is 11.8 Å². The summed E-state index contributed by atoms with van der Waals surface area (Å²) in [6, 6.07) is 12.8. The molecule has 0 saturated carbocycles. The number of hydrogen-bond donors (Lipinski definition) is 0. The van der Waals surface area contributed by atoms with Crippen molar-refractivity contribution in [2.24, 2.45) is 0 Å². The minimum Gasteiger partial charge on any atom is -0.495 e. The first-order valence-corrected chi connectivity index (χ1v) is 9.89. The first kappa shape index (κ1) is 18.0. The van der Waals surface area contributed by atoms with Crippen molar-refractivity contribution in [3.8, 4) is 5.75 Å². The minimum atomic E-state index is -3.59. The van der Waals surface area contributed by atoms with Crippen molar-refractivity contribution in [1.29, 1.82) is 0 Å². The number of piperazine rings is 1. The summed E-state index contributed by atoms with van der Waals surface area (Å²) in [5, 5.41) is 0.680. The second-order valence-corrected chi connectivity index (χ2v) is 8.31. The van der Waals surface area contributed by atoms with Gasteiger partial charge in [0, 0.05) is 26.2 Å². The fraction of sp³-hybridized carbons (Fsp3) is 0.333. The normalized spacial score (nSPS) is 16.0. The van der Waals surface area contributed by atoms with Crippen LogP contribution in [0.4, 0.5) is 5.69 Å². The van der Waals surface area contributed by atoms with Gasteiger partial charge in [0.1, 0.15) is 10.6 Å². The summed E-state index contributed by atoms with van der Waals surface area (Å²) >= 11 is 6.24. The molecule has 1 saturated heterocycles. The monoisotopic (exact) mass is 380 g/mol. The molecule has 1 fully saturated rings. The van der Waals surface area contributed by atoms with E-state index in [1.165, 1.54) is 11.4 Å². The van der Waals surface area contributed by atoms with Crippen molar-refractivity contribution in [1.82, 2.24) is 4.31 Å². The van der Waals surface area contributed by atoms with E-state index in [0.29, 0.717) is 37.0 Å². The summed E-state index contributed by atoms with van der Waals surface area (Å²) in [6.45, 7) is 3.91. The molecule has 0 radical (unpaired) electrons. The van der Waals surface area contributed by atoms with E-state index in [1.54, 1.807) is 18.2 Å². The van der Waals surface area contributed by atoms with Crippen molar-refractivity contribution < 1.29 is 13.2 Å². The number of rotatable bonds is 4. The third-order valence-corrected chi connectivity index (χ3v) is 6.63. The summed E-state index contributed by atoms with van der Waals surface area (Å²) in [6.07, 6.45) is 0. The quantitative estimate of drug-likeness (QED) is 0.817. The highest BCUT2D eigenvalue weighted by molar-refractivity contribution is 7.89. The van der Waals surface area contributed by atoms with Gasteiger partial charge < -0.3 is 9.64 Å². The van der Waals surface area contributed by atoms with Crippen molar-refractivity contribution in [3.05, 3.63) is 53.1 Å². The number of para-hydroxylation sites is 1. The van der Waals surface area contributed by atoms with Gasteiger partial charge in [0.25, 0.3) is 0 Å². The van der Waals surface area contributed by atoms with Gasteiger partial charge in [-0.05, 0) is 36.8 Å². The third kappa shape index (κ3) is 3.61. The Morgan fingerprint density at radius 1 is 1.04 bits per heavy atom. The maximum atomic E-state index is 13.0. The lowest BCUT2D eigenvalue weighted by Crippen LogP contribution is -2.48. The second-order valence-electron chi connectivity index (χ2n) is 6.00. The Morgan fingerprint density at radius 3 is 2.36 bits per heavy atom. The van der Waals surface area contributed by atoms with Gasteiger partial charge in [-0.25, -0.2) is 8.42 Å². The van der Waals surface area contributed by atoms with Gasteiger partial charge in [0.05, 0.1) is 17.8 Å². The van der Waals surface area contributed by atoms with E-state index in [1.807, 2.05) is 31.2 Å². The zero-order valence-corrected chi connectivity index (χ0v) is 15.8. The predicted octanol–water partition coefficient (Wildman–Crippen LogP) is 3.17. The van der Waals surface area contributed by atoms with E-state index in [-0.39, 0.29) is 4.90 Å². The molecule has 7 heteroatoms. The zero-order valence-electron chi connectivity index (χ0n) is 14.3. The van der Waals surface area contributed by atoms with Gasteiger partial charge in [-0.1, -0.05) is 29.8 Å². The summed E-state index contributed by atoms with van der Waals surface area (Å²) in [5.74, 6) is 0.383. The van der Waals surface area contributed by atoms with E-state index < -0.39 is 10.0 Å². The summed E-state index contributed by atoms with van der Waals surface area (Å²) in [4.78, 5) is 2.33. The van der Waals surface area contributed by atoms with Crippen LogP contribution in [-0.2, 0) is 10.0 Å². The highest BCUT2D eigenvalue weighted by atomic mass is 35.5. The first-order valence-electron chi connectivity index (χ1n) is 8.08. The predicted molar refractivity (Wildman–Crippen MR) is 100 cm³/mol. The lowest BCUT2D eigenvalue weighted by molar-refractivity contribution is 0.374. The molecular weight excluding hydrogens is 360 g/mol. The number of aryl methyl sites for hydroxylation is 1. The van der Waals surface area contributed by atoms with Crippen LogP contribution in [0.1, 0.15) is 5.56 Å². The van der Waals surface area contributed by atoms with Crippen molar-refractivity contribution in [3.63, 3.8) is 0 Å². The lowest BCUT2D eigenvalue weighted by atomic mass is 10.2. The average molecular weight is 381 g/mol. The van der Waals surface area contributed by atoms with Crippen LogP contribution in [0, 0.1) is 6.92 Å². The molecule has 25 heavy (non-hydrogen) atoms. The first-order chi connectivity index (χ1) is 11.9. The van der Waals surface area contributed by atoms with Crippen LogP contribution in [-0.4, -0.2) is 46.0 Å². The summed E-state index contributed by atoms with van der Waals surface area (Å²) < 4.78 is 32.8. The number of sulfonamides is 1. The maximum Gasteiger partial charge on any atom is 0.246 e. The molecule has 5 nitrogen and oxygen atoms in total. The lowest BCUT2D eigenvalue weighted by Gasteiger charge is -2.35. The Labute approximate surface area is 153 Å². The van der Waals surface area contributed by atoms with Gasteiger partial charge in [0.15, 0.2) is 0 Å². The Morgan fingerprint density at radius 2 is 1.72 bits per heavy atom. The average Bonchev–Trinajstić information content (AvgIpc) is 2.62. The van der Waals surface area contributed by atoms with Gasteiger partial charge in [-0.3, -0.25) is 0 Å². The van der Waals surface area contributed by atoms with Gasteiger partial charge >= 0.3 is 0 Å². The molecule has 2 aromatic carbocycles. The van der Waals surface area contributed by atoms with Crippen LogP contribution in [0.25, 0.3) is 0 Å². The van der Waals surface area contributed by atoms with Gasteiger partial charge in [-0.15, -0.1) is 0 Å². The van der Waals surface area contributed by atoms with E-state index in [2.05, 4.69) is 4.90 Å². The van der Waals surface area contributed by atoms with Crippen LogP contribution in [0.2, 0.25) is 5.02 Å².